The monoisotopic (exact) mass is 454 g/mol. The maximum absolute atomic E-state index is 13.4. The van der Waals surface area contributed by atoms with Gasteiger partial charge in [-0.2, -0.15) is 4.31 Å². The molecule has 3 aromatic rings. The first-order valence-corrected chi connectivity index (χ1v) is 11.3. The van der Waals surface area contributed by atoms with E-state index in [9.17, 15) is 18.4 Å². The second-order valence-electron chi connectivity index (χ2n) is 7.19. The molecule has 1 heterocycles. The number of carbonyl (C=O) groups is 1. The molecule has 0 aliphatic carbocycles. The van der Waals surface area contributed by atoms with Crippen molar-refractivity contribution in [3.05, 3.63) is 83.9 Å². The van der Waals surface area contributed by atoms with E-state index in [-0.39, 0.29) is 11.4 Å². The SMILES string of the molecule is COc1ccc(Oc2ccc(S(=O)(=O)N3CCc4ccccc4C3C(=O)NO)cc2)cc1. The lowest BCUT2D eigenvalue weighted by Crippen LogP contribution is -2.46. The van der Waals surface area contributed by atoms with Crippen molar-refractivity contribution in [3.8, 4) is 17.2 Å². The molecule has 0 fully saturated rings. The standard InChI is InChI=1S/C23H22N2O6S/c1-30-17-6-8-18(9-7-17)31-19-10-12-20(13-11-19)32(28,29)25-15-14-16-4-2-3-5-21(16)22(25)23(26)24-27/h2-13,22,27H,14-15H2,1H3,(H,24,26). The van der Waals surface area contributed by atoms with Crippen molar-refractivity contribution in [2.24, 2.45) is 0 Å². The first kappa shape index (κ1) is 21.8. The van der Waals surface area contributed by atoms with Gasteiger partial charge in [0.2, 0.25) is 10.0 Å². The number of nitrogens with zero attached hydrogens (tertiary/aromatic N) is 1. The number of amides is 1. The topological polar surface area (TPSA) is 105 Å². The number of ether oxygens (including phenoxy) is 2. The summed E-state index contributed by atoms with van der Waals surface area (Å²) in [4.78, 5) is 12.4. The summed E-state index contributed by atoms with van der Waals surface area (Å²) in [5.41, 5.74) is 3.02. The smallest absolute Gasteiger partial charge is 0.266 e. The zero-order valence-corrected chi connectivity index (χ0v) is 18.1. The number of hydroxylamine groups is 1. The van der Waals surface area contributed by atoms with E-state index in [1.165, 1.54) is 12.1 Å². The van der Waals surface area contributed by atoms with Gasteiger partial charge in [0.1, 0.15) is 23.3 Å². The highest BCUT2D eigenvalue weighted by molar-refractivity contribution is 7.89. The van der Waals surface area contributed by atoms with Crippen molar-refractivity contribution >= 4 is 15.9 Å². The molecule has 8 nitrogen and oxygen atoms in total. The van der Waals surface area contributed by atoms with Gasteiger partial charge in [0.05, 0.1) is 12.0 Å². The number of rotatable bonds is 6. The van der Waals surface area contributed by atoms with Crippen LogP contribution >= 0.6 is 0 Å². The summed E-state index contributed by atoms with van der Waals surface area (Å²) >= 11 is 0. The lowest BCUT2D eigenvalue weighted by molar-refractivity contribution is -0.133. The van der Waals surface area contributed by atoms with Crippen LogP contribution in [0.5, 0.6) is 17.2 Å². The van der Waals surface area contributed by atoms with Gasteiger partial charge in [0.25, 0.3) is 5.91 Å². The Hall–Kier alpha value is -3.40. The largest absolute Gasteiger partial charge is 0.497 e. The minimum atomic E-state index is -4.02. The van der Waals surface area contributed by atoms with E-state index in [1.54, 1.807) is 61.1 Å². The average Bonchev–Trinajstić information content (AvgIpc) is 2.83. The van der Waals surface area contributed by atoms with Crippen molar-refractivity contribution in [3.63, 3.8) is 0 Å². The molecule has 1 unspecified atom stereocenters. The van der Waals surface area contributed by atoms with Crippen LogP contribution < -0.4 is 15.0 Å². The Bertz CT molecular complexity index is 1210. The Kier molecular flexibility index (Phi) is 6.13. The Morgan fingerprint density at radius 1 is 0.969 bits per heavy atom. The second-order valence-corrected chi connectivity index (χ2v) is 9.08. The van der Waals surface area contributed by atoms with Crippen LogP contribution in [-0.4, -0.2) is 37.5 Å². The molecule has 2 N–H and O–H groups in total. The van der Waals surface area contributed by atoms with Crippen LogP contribution in [0.1, 0.15) is 17.2 Å². The van der Waals surface area contributed by atoms with E-state index in [0.29, 0.717) is 29.2 Å². The molecule has 1 aliphatic rings. The van der Waals surface area contributed by atoms with Gasteiger partial charge in [-0.3, -0.25) is 10.0 Å². The second kappa shape index (κ2) is 8.99. The number of benzene rings is 3. The highest BCUT2D eigenvalue weighted by atomic mass is 32.2. The van der Waals surface area contributed by atoms with E-state index in [1.807, 2.05) is 12.1 Å². The van der Waals surface area contributed by atoms with Crippen LogP contribution in [0.3, 0.4) is 0 Å². The number of hydrogen-bond acceptors (Lipinski definition) is 6. The molecule has 166 valence electrons. The lowest BCUT2D eigenvalue weighted by atomic mass is 9.94. The third-order valence-electron chi connectivity index (χ3n) is 5.32. The first-order valence-electron chi connectivity index (χ1n) is 9.89. The van der Waals surface area contributed by atoms with Crippen LogP contribution in [0, 0.1) is 0 Å². The third-order valence-corrected chi connectivity index (χ3v) is 7.20. The minimum Gasteiger partial charge on any atom is -0.497 e. The number of carbonyl (C=O) groups excluding carboxylic acids is 1. The molecule has 3 aromatic carbocycles. The van der Waals surface area contributed by atoms with Gasteiger partial charge < -0.3 is 9.47 Å². The van der Waals surface area contributed by atoms with E-state index in [4.69, 9.17) is 9.47 Å². The van der Waals surface area contributed by atoms with Crippen LogP contribution in [0.2, 0.25) is 0 Å². The molecule has 32 heavy (non-hydrogen) atoms. The fourth-order valence-corrected chi connectivity index (χ4v) is 5.30. The summed E-state index contributed by atoms with van der Waals surface area (Å²) < 4.78 is 38.7. The van der Waals surface area contributed by atoms with Crippen LogP contribution in [0.15, 0.2) is 77.7 Å². The summed E-state index contributed by atoms with van der Waals surface area (Å²) in [5.74, 6) is 0.931. The number of hydrogen-bond donors (Lipinski definition) is 2. The number of sulfonamides is 1. The molecule has 0 radical (unpaired) electrons. The van der Waals surface area contributed by atoms with Crippen molar-refractivity contribution < 1.29 is 27.9 Å². The summed E-state index contributed by atoms with van der Waals surface area (Å²) in [6.45, 7) is 0.113. The van der Waals surface area contributed by atoms with Crippen molar-refractivity contribution in [1.82, 2.24) is 9.79 Å². The third kappa shape index (κ3) is 4.18. The maximum atomic E-state index is 13.4. The Labute approximate surface area is 186 Å². The molecule has 0 aromatic heterocycles. The molecule has 0 spiro atoms. The highest BCUT2D eigenvalue weighted by Crippen LogP contribution is 2.35. The van der Waals surface area contributed by atoms with Crippen molar-refractivity contribution in [2.45, 2.75) is 17.4 Å². The Balaban J connectivity index is 1.60. The zero-order valence-electron chi connectivity index (χ0n) is 17.3. The zero-order chi connectivity index (χ0) is 22.7. The van der Waals surface area contributed by atoms with E-state index in [0.717, 1.165) is 9.87 Å². The normalized spacial score (nSPS) is 16.1. The van der Waals surface area contributed by atoms with E-state index >= 15 is 0 Å². The van der Waals surface area contributed by atoms with Crippen LogP contribution in [0.4, 0.5) is 0 Å². The van der Waals surface area contributed by atoms with Gasteiger partial charge >= 0.3 is 0 Å². The van der Waals surface area contributed by atoms with Crippen LogP contribution in [-0.2, 0) is 21.2 Å². The summed E-state index contributed by atoms with van der Waals surface area (Å²) in [6.07, 6.45) is 0.462. The van der Waals surface area contributed by atoms with Gasteiger partial charge in [-0.25, -0.2) is 13.9 Å². The van der Waals surface area contributed by atoms with Gasteiger partial charge in [0.15, 0.2) is 0 Å². The molecule has 0 bridgehead atoms. The van der Waals surface area contributed by atoms with Gasteiger partial charge in [-0.15, -0.1) is 0 Å². The number of fused-ring (bicyclic) bond motifs is 1. The van der Waals surface area contributed by atoms with Crippen LogP contribution in [0.25, 0.3) is 0 Å². The first-order chi connectivity index (χ1) is 15.4. The molecule has 0 saturated heterocycles. The Morgan fingerprint density at radius 2 is 1.56 bits per heavy atom. The fourth-order valence-electron chi connectivity index (χ4n) is 3.73. The average molecular weight is 455 g/mol. The van der Waals surface area contributed by atoms with Gasteiger partial charge in [0, 0.05) is 6.54 Å². The molecular weight excluding hydrogens is 432 g/mol. The number of nitrogens with one attached hydrogen (secondary N) is 1. The minimum absolute atomic E-state index is 0.0229. The fraction of sp³-hybridized carbons (Fsp3) is 0.174. The van der Waals surface area contributed by atoms with E-state index < -0.39 is 22.0 Å². The molecule has 9 heteroatoms. The molecule has 1 aliphatic heterocycles. The molecule has 4 rings (SSSR count). The highest BCUT2D eigenvalue weighted by Gasteiger charge is 2.40. The lowest BCUT2D eigenvalue weighted by Gasteiger charge is -2.34. The van der Waals surface area contributed by atoms with Crippen molar-refractivity contribution in [1.29, 1.82) is 0 Å². The quantitative estimate of drug-likeness (QED) is 0.438. The summed E-state index contributed by atoms with van der Waals surface area (Å²) in [5, 5.41) is 9.23. The van der Waals surface area contributed by atoms with Gasteiger partial charge in [-0.05, 0) is 66.1 Å². The van der Waals surface area contributed by atoms with E-state index in [2.05, 4.69) is 0 Å². The summed E-state index contributed by atoms with van der Waals surface area (Å²) in [7, 11) is -2.44. The van der Waals surface area contributed by atoms with Crippen molar-refractivity contribution in [2.75, 3.05) is 13.7 Å². The summed E-state index contributed by atoms with van der Waals surface area (Å²) in [6, 6.07) is 18.9. The molecular formula is C23H22N2O6S. The van der Waals surface area contributed by atoms with Gasteiger partial charge in [-0.1, -0.05) is 24.3 Å². The maximum Gasteiger partial charge on any atom is 0.266 e. The predicted molar refractivity (Wildman–Crippen MR) is 116 cm³/mol. The Morgan fingerprint density at radius 3 is 2.19 bits per heavy atom. The molecule has 1 amide bonds. The molecule has 0 saturated carbocycles. The molecule has 1 atom stereocenters. The predicted octanol–water partition coefficient (Wildman–Crippen LogP) is 3.28. The number of methoxy groups -OCH3 is 1.